The molecule has 20 heavy (non-hydrogen) atoms. The third kappa shape index (κ3) is 3.93. The van der Waals surface area contributed by atoms with Crippen LogP contribution >= 0.6 is 0 Å². The molecule has 2 fully saturated rings. The van der Waals surface area contributed by atoms with Crippen LogP contribution in [-0.4, -0.2) is 73.6 Å². The second kappa shape index (κ2) is 7.59. The molecule has 2 aliphatic heterocycles. The van der Waals surface area contributed by atoms with E-state index in [1.54, 1.807) is 11.8 Å². The van der Waals surface area contributed by atoms with E-state index in [1.165, 1.54) is 0 Å². The summed E-state index contributed by atoms with van der Waals surface area (Å²) in [5.74, 6) is -0.189. The van der Waals surface area contributed by atoms with Crippen LogP contribution in [-0.2, 0) is 14.3 Å². The molecule has 1 N–H and O–H groups in total. The van der Waals surface area contributed by atoms with E-state index in [0.29, 0.717) is 19.7 Å². The highest BCUT2D eigenvalue weighted by Gasteiger charge is 2.33. The summed E-state index contributed by atoms with van der Waals surface area (Å²) in [5.41, 5.74) is 0. The third-order valence-corrected chi connectivity index (χ3v) is 3.95. The van der Waals surface area contributed by atoms with E-state index < -0.39 is 0 Å². The normalized spacial score (nSPS) is 24.4. The molecule has 6 nitrogen and oxygen atoms in total. The summed E-state index contributed by atoms with van der Waals surface area (Å²) in [6, 6.07) is -0.376. The number of ether oxygens (including phenoxy) is 1. The molecule has 0 spiro atoms. The summed E-state index contributed by atoms with van der Waals surface area (Å²) in [6.07, 6.45) is 2.69. The van der Waals surface area contributed by atoms with Crippen molar-refractivity contribution in [1.82, 2.24) is 15.1 Å². The van der Waals surface area contributed by atoms with Crippen molar-refractivity contribution in [3.05, 3.63) is 0 Å². The zero-order chi connectivity index (χ0) is 14.4. The minimum absolute atomic E-state index is 0.0599. The molecule has 114 valence electrons. The molecular weight excluding hydrogens is 258 g/mol. The minimum Gasteiger partial charge on any atom is -0.464 e. The van der Waals surface area contributed by atoms with Crippen molar-refractivity contribution in [1.29, 1.82) is 0 Å². The lowest BCUT2D eigenvalue weighted by molar-refractivity contribution is -0.157. The molecule has 2 heterocycles. The van der Waals surface area contributed by atoms with Gasteiger partial charge in [-0.2, -0.15) is 0 Å². The van der Waals surface area contributed by atoms with Gasteiger partial charge in [-0.25, -0.2) is 4.79 Å². The number of amides is 1. The second-order valence-electron chi connectivity index (χ2n) is 5.38. The average Bonchev–Trinajstić information content (AvgIpc) is 2.48. The number of rotatable bonds is 4. The molecule has 0 aromatic heterocycles. The largest absolute Gasteiger partial charge is 0.464 e. The van der Waals surface area contributed by atoms with Crippen LogP contribution in [0, 0.1) is 0 Å². The molecule has 2 rings (SSSR count). The maximum absolute atomic E-state index is 12.4. The summed E-state index contributed by atoms with van der Waals surface area (Å²) in [6.45, 7) is 6.89. The molecule has 0 saturated carbocycles. The molecule has 2 saturated heterocycles. The fraction of sp³-hybridized carbons (Fsp3) is 0.857. The van der Waals surface area contributed by atoms with Gasteiger partial charge in [0.25, 0.3) is 0 Å². The quantitative estimate of drug-likeness (QED) is 0.726. The van der Waals surface area contributed by atoms with Gasteiger partial charge < -0.3 is 15.0 Å². The third-order valence-electron chi connectivity index (χ3n) is 3.95. The van der Waals surface area contributed by atoms with Gasteiger partial charge >= 0.3 is 5.97 Å². The van der Waals surface area contributed by atoms with Gasteiger partial charge in [-0.3, -0.25) is 9.69 Å². The Balaban J connectivity index is 1.92. The van der Waals surface area contributed by atoms with Crippen LogP contribution in [0.3, 0.4) is 0 Å². The number of hydrogen-bond acceptors (Lipinski definition) is 5. The molecule has 0 bridgehead atoms. The molecule has 0 aliphatic carbocycles. The molecule has 2 aliphatic rings. The Morgan fingerprint density at radius 2 is 1.95 bits per heavy atom. The smallest absolute Gasteiger partial charge is 0.328 e. The number of piperidine rings is 1. The number of carbonyl (C=O) groups excluding carboxylic acids is 2. The van der Waals surface area contributed by atoms with Crippen LogP contribution in [0.2, 0.25) is 0 Å². The fourth-order valence-corrected chi connectivity index (χ4v) is 2.86. The maximum Gasteiger partial charge on any atom is 0.328 e. The Kier molecular flexibility index (Phi) is 5.79. The van der Waals surface area contributed by atoms with Gasteiger partial charge in [-0.1, -0.05) is 0 Å². The predicted molar refractivity (Wildman–Crippen MR) is 75.3 cm³/mol. The van der Waals surface area contributed by atoms with Crippen LogP contribution in [0.5, 0.6) is 0 Å². The number of esters is 1. The zero-order valence-corrected chi connectivity index (χ0v) is 12.3. The number of nitrogens with one attached hydrogen (secondary N) is 1. The first-order valence-corrected chi connectivity index (χ1v) is 7.61. The number of nitrogens with zero attached hydrogens (tertiary/aromatic N) is 2. The summed E-state index contributed by atoms with van der Waals surface area (Å²) in [7, 11) is 0. The van der Waals surface area contributed by atoms with Crippen molar-refractivity contribution in [3.8, 4) is 0 Å². The Morgan fingerprint density at radius 3 is 2.65 bits per heavy atom. The highest BCUT2D eigenvalue weighted by Crippen LogP contribution is 2.18. The van der Waals surface area contributed by atoms with E-state index >= 15 is 0 Å². The lowest BCUT2D eigenvalue weighted by atomic mass is 10.0. The lowest BCUT2D eigenvalue weighted by Crippen LogP contribution is -2.53. The van der Waals surface area contributed by atoms with Crippen molar-refractivity contribution >= 4 is 11.9 Å². The summed E-state index contributed by atoms with van der Waals surface area (Å²) >= 11 is 0. The predicted octanol–water partition coefficient (Wildman–Crippen LogP) is -0.164. The van der Waals surface area contributed by atoms with Gasteiger partial charge in [0.2, 0.25) is 5.91 Å². The van der Waals surface area contributed by atoms with Crippen molar-refractivity contribution in [2.75, 3.05) is 45.9 Å². The molecule has 1 atom stereocenters. The first-order chi connectivity index (χ1) is 9.72. The Bertz CT molecular complexity index is 343. The monoisotopic (exact) mass is 283 g/mol. The SMILES string of the molecule is CCOC(=O)C1CCCCN1C(=O)CN1CCNCC1. The number of carbonyl (C=O) groups is 2. The first-order valence-electron chi connectivity index (χ1n) is 7.61. The molecular formula is C14H25N3O3. The first kappa shape index (κ1) is 15.3. The lowest BCUT2D eigenvalue weighted by Gasteiger charge is -2.36. The van der Waals surface area contributed by atoms with Gasteiger partial charge in [-0.05, 0) is 26.2 Å². The van der Waals surface area contributed by atoms with E-state index in [0.717, 1.165) is 45.4 Å². The van der Waals surface area contributed by atoms with Crippen molar-refractivity contribution in [2.24, 2.45) is 0 Å². The van der Waals surface area contributed by atoms with Crippen LogP contribution in [0.25, 0.3) is 0 Å². The molecule has 0 radical (unpaired) electrons. The number of piperazine rings is 1. The van der Waals surface area contributed by atoms with E-state index in [9.17, 15) is 9.59 Å². The zero-order valence-electron chi connectivity index (χ0n) is 12.3. The molecule has 0 aromatic carbocycles. The fourth-order valence-electron chi connectivity index (χ4n) is 2.86. The van der Waals surface area contributed by atoms with Crippen molar-refractivity contribution < 1.29 is 14.3 Å². The van der Waals surface area contributed by atoms with E-state index in [1.807, 2.05) is 0 Å². The van der Waals surface area contributed by atoms with Crippen molar-refractivity contribution in [3.63, 3.8) is 0 Å². The molecule has 1 unspecified atom stereocenters. The number of likely N-dealkylation sites (tertiary alicyclic amines) is 1. The van der Waals surface area contributed by atoms with Crippen molar-refractivity contribution in [2.45, 2.75) is 32.2 Å². The Labute approximate surface area is 120 Å². The summed E-state index contributed by atoms with van der Waals surface area (Å²) in [4.78, 5) is 28.3. The van der Waals surface area contributed by atoms with Gasteiger partial charge in [0, 0.05) is 32.7 Å². The van der Waals surface area contributed by atoms with Crippen LogP contribution in [0.4, 0.5) is 0 Å². The van der Waals surface area contributed by atoms with E-state index in [4.69, 9.17) is 4.74 Å². The maximum atomic E-state index is 12.4. The standard InChI is InChI=1S/C14H25N3O3/c1-2-20-14(19)12-5-3-4-8-17(12)13(18)11-16-9-6-15-7-10-16/h12,15H,2-11H2,1H3. The highest BCUT2D eigenvalue weighted by atomic mass is 16.5. The van der Waals surface area contributed by atoms with Crippen LogP contribution in [0.15, 0.2) is 0 Å². The highest BCUT2D eigenvalue weighted by molar-refractivity contribution is 5.85. The van der Waals surface area contributed by atoms with Gasteiger partial charge in [0.1, 0.15) is 6.04 Å². The van der Waals surface area contributed by atoms with Gasteiger partial charge in [0.15, 0.2) is 0 Å². The number of hydrogen-bond donors (Lipinski definition) is 1. The van der Waals surface area contributed by atoms with E-state index in [-0.39, 0.29) is 17.9 Å². The summed E-state index contributed by atoms with van der Waals surface area (Å²) < 4.78 is 5.10. The molecule has 6 heteroatoms. The van der Waals surface area contributed by atoms with Gasteiger partial charge in [-0.15, -0.1) is 0 Å². The topological polar surface area (TPSA) is 61.9 Å². The summed E-state index contributed by atoms with van der Waals surface area (Å²) in [5, 5.41) is 3.27. The van der Waals surface area contributed by atoms with Gasteiger partial charge in [0.05, 0.1) is 13.2 Å². The average molecular weight is 283 g/mol. The molecule has 1 amide bonds. The molecule has 0 aromatic rings. The van der Waals surface area contributed by atoms with E-state index in [2.05, 4.69) is 10.2 Å². The Hall–Kier alpha value is -1.14. The van der Waals surface area contributed by atoms with Crippen LogP contribution < -0.4 is 5.32 Å². The minimum atomic E-state index is -0.376. The second-order valence-corrected chi connectivity index (χ2v) is 5.38. The Morgan fingerprint density at radius 1 is 1.20 bits per heavy atom. The van der Waals surface area contributed by atoms with Crippen LogP contribution in [0.1, 0.15) is 26.2 Å².